The van der Waals surface area contributed by atoms with Gasteiger partial charge in [0.2, 0.25) is 0 Å². The third-order valence-corrected chi connectivity index (χ3v) is 3.99. The molecule has 22 heavy (non-hydrogen) atoms. The van der Waals surface area contributed by atoms with Gasteiger partial charge in [-0.2, -0.15) is 13.2 Å². The molecule has 5 nitrogen and oxygen atoms in total. The Labute approximate surface area is 124 Å². The minimum atomic E-state index is -4.48. The summed E-state index contributed by atoms with van der Waals surface area (Å²) in [5.74, 6) is -0.690. The maximum Gasteiger partial charge on any atom is 0.416 e. The van der Waals surface area contributed by atoms with Crippen LogP contribution in [-0.4, -0.2) is 22.5 Å². The minimum absolute atomic E-state index is 0.0720. The SMILES string of the molecule is COC(=O)/C=c1\sc2nc3cc(C(F)(F)F)ccc3n2c1=O. The Morgan fingerprint density at radius 3 is 2.77 bits per heavy atom. The zero-order valence-corrected chi connectivity index (χ0v) is 11.8. The minimum Gasteiger partial charge on any atom is -0.466 e. The second-order valence-corrected chi connectivity index (χ2v) is 5.38. The van der Waals surface area contributed by atoms with Gasteiger partial charge in [0.25, 0.3) is 5.56 Å². The number of carbonyl (C=O) groups excluding carboxylic acids is 1. The number of hydrogen-bond donors (Lipinski definition) is 0. The molecule has 0 fully saturated rings. The largest absolute Gasteiger partial charge is 0.466 e. The predicted molar refractivity (Wildman–Crippen MR) is 73.5 cm³/mol. The Morgan fingerprint density at radius 1 is 1.41 bits per heavy atom. The Kier molecular flexibility index (Phi) is 3.17. The van der Waals surface area contributed by atoms with Gasteiger partial charge in [0, 0.05) is 6.08 Å². The Balaban J connectivity index is 2.28. The summed E-state index contributed by atoms with van der Waals surface area (Å²) in [4.78, 5) is 27.6. The average molecular weight is 328 g/mol. The molecule has 0 atom stereocenters. The predicted octanol–water partition coefficient (Wildman–Crippen LogP) is 1.60. The van der Waals surface area contributed by atoms with Crippen LogP contribution < -0.4 is 10.1 Å². The zero-order valence-electron chi connectivity index (χ0n) is 11.0. The monoisotopic (exact) mass is 328 g/mol. The number of benzene rings is 1. The second-order valence-electron chi connectivity index (χ2n) is 4.37. The van der Waals surface area contributed by atoms with Crippen LogP contribution in [0.2, 0.25) is 0 Å². The first-order valence-corrected chi connectivity index (χ1v) is 6.75. The molecular formula is C13H7F3N2O3S. The van der Waals surface area contributed by atoms with Crippen LogP contribution >= 0.6 is 11.3 Å². The van der Waals surface area contributed by atoms with Crippen molar-refractivity contribution in [1.82, 2.24) is 9.38 Å². The topological polar surface area (TPSA) is 60.7 Å². The zero-order chi connectivity index (χ0) is 16.1. The second kappa shape index (κ2) is 4.80. The summed E-state index contributed by atoms with van der Waals surface area (Å²) < 4.78 is 43.7. The molecule has 2 aromatic heterocycles. The Bertz CT molecular complexity index is 1000. The summed E-state index contributed by atoms with van der Waals surface area (Å²) in [5, 5.41) is 0. The highest BCUT2D eigenvalue weighted by Gasteiger charge is 2.31. The summed E-state index contributed by atoms with van der Waals surface area (Å²) >= 11 is 0.908. The molecule has 0 N–H and O–H groups in total. The quantitative estimate of drug-likeness (QED) is 0.637. The maximum absolute atomic E-state index is 12.7. The highest BCUT2D eigenvalue weighted by molar-refractivity contribution is 7.15. The molecule has 0 amide bonds. The van der Waals surface area contributed by atoms with Gasteiger partial charge in [-0.15, -0.1) is 0 Å². The van der Waals surface area contributed by atoms with E-state index >= 15 is 0 Å². The molecule has 0 bridgehead atoms. The average Bonchev–Trinajstić information content (AvgIpc) is 2.94. The fraction of sp³-hybridized carbons (Fsp3) is 0.154. The Hall–Kier alpha value is -2.42. The van der Waals surface area contributed by atoms with Crippen LogP contribution in [0.15, 0.2) is 23.0 Å². The van der Waals surface area contributed by atoms with E-state index in [9.17, 15) is 22.8 Å². The maximum atomic E-state index is 12.7. The first-order chi connectivity index (χ1) is 10.3. The number of imidazole rings is 1. The van der Waals surface area contributed by atoms with Gasteiger partial charge >= 0.3 is 12.1 Å². The van der Waals surface area contributed by atoms with E-state index in [0.717, 1.165) is 29.5 Å². The molecule has 9 heteroatoms. The molecule has 0 aliphatic heterocycles. The van der Waals surface area contributed by atoms with Gasteiger partial charge in [-0.3, -0.25) is 4.79 Å². The van der Waals surface area contributed by atoms with Crippen LogP contribution in [0.25, 0.3) is 22.1 Å². The van der Waals surface area contributed by atoms with Crippen molar-refractivity contribution in [2.45, 2.75) is 6.18 Å². The van der Waals surface area contributed by atoms with Gasteiger partial charge in [-0.1, -0.05) is 11.3 Å². The highest BCUT2D eigenvalue weighted by atomic mass is 32.1. The van der Waals surface area contributed by atoms with E-state index in [1.807, 2.05) is 0 Å². The van der Waals surface area contributed by atoms with Crippen LogP contribution in [0.4, 0.5) is 13.2 Å². The van der Waals surface area contributed by atoms with Gasteiger partial charge in [0.15, 0.2) is 4.96 Å². The summed E-state index contributed by atoms with van der Waals surface area (Å²) in [6.45, 7) is 0. The third kappa shape index (κ3) is 2.23. The van der Waals surface area contributed by atoms with E-state index in [4.69, 9.17) is 0 Å². The number of methoxy groups -OCH3 is 1. The standard InChI is InChI=1S/C13H7F3N2O3S/c1-21-10(19)5-9-11(20)18-8-3-2-6(13(14,15)16)4-7(8)17-12(18)22-9/h2-5H,1H3/b9-5-. The summed E-state index contributed by atoms with van der Waals surface area (Å²) in [6, 6.07) is 2.96. The number of halogens is 3. The molecule has 0 spiro atoms. The summed E-state index contributed by atoms with van der Waals surface area (Å²) in [7, 11) is 1.18. The van der Waals surface area contributed by atoms with E-state index in [-0.39, 0.29) is 20.5 Å². The summed E-state index contributed by atoms with van der Waals surface area (Å²) in [5.41, 5.74) is -1.02. The van der Waals surface area contributed by atoms with E-state index in [0.29, 0.717) is 0 Å². The number of rotatable bonds is 1. The normalized spacial score (nSPS) is 13.2. The van der Waals surface area contributed by atoms with Gasteiger partial charge in [-0.05, 0) is 18.2 Å². The van der Waals surface area contributed by atoms with Gasteiger partial charge < -0.3 is 4.74 Å². The molecule has 0 saturated heterocycles. The fourth-order valence-corrected chi connectivity index (χ4v) is 2.96. The Morgan fingerprint density at radius 2 is 2.14 bits per heavy atom. The number of aromatic nitrogens is 2. The van der Waals surface area contributed by atoms with E-state index in [2.05, 4.69) is 9.72 Å². The number of esters is 1. The van der Waals surface area contributed by atoms with Gasteiger partial charge in [0.05, 0.1) is 23.7 Å². The third-order valence-electron chi connectivity index (χ3n) is 3.02. The lowest BCUT2D eigenvalue weighted by Gasteiger charge is -2.05. The molecule has 0 unspecified atom stereocenters. The van der Waals surface area contributed by atoms with Gasteiger partial charge in [0.1, 0.15) is 4.53 Å². The van der Waals surface area contributed by atoms with Crippen LogP contribution in [-0.2, 0) is 15.7 Å². The van der Waals surface area contributed by atoms with Crippen molar-refractivity contribution in [3.63, 3.8) is 0 Å². The number of ether oxygens (including phenoxy) is 1. The van der Waals surface area contributed by atoms with Crippen molar-refractivity contribution in [3.8, 4) is 0 Å². The van der Waals surface area contributed by atoms with Crippen LogP contribution in [0.3, 0.4) is 0 Å². The lowest BCUT2D eigenvalue weighted by Crippen LogP contribution is -2.24. The molecule has 3 rings (SSSR count). The molecule has 3 aromatic rings. The molecular weight excluding hydrogens is 321 g/mol. The van der Waals surface area contributed by atoms with Crippen molar-refractivity contribution >= 4 is 39.4 Å². The smallest absolute Gasteiger partial charge is 0.416 e. The van der Waals surface area contributed by atoms with Crippen molar-refractivity contribution in [1.29, 1.82) is 0 Å². The van der Waals surface area contributed by atoms with E-state index < -0.39 is 23.3 Å². The fourth-order valence-electron chi connectivity index (χ4n) is 2.01. The first kappa shape index (κ1) is 14.5. The van der Waals surface area contributed by atoms with E-state index in [1.165, 1.54) is 17.6 Å². The van der Waals surface area contributed by atoms with Crippen molar-refractivity contribution < 1.29 is 22.7 Å². The van der Waals surface area contributed by atoms with Crippen LogP contribution in [0, 0.1) is 0 Å². The lowest BCUT2D eigenvalue weighted by atomic mass is 10.2. The van der Waals surface area contributed by atoms with Crippen LogP contribution in [0.5, 0.6) is 0 Å². The van der Waals surface area contributed by atoms with Crippen LogP contribution in [0.1, 0.15) is 5.56 Å². The number of thiazole rings is 1. The van der Waals surface area contributed by atoms with Crippen molar-refractivity contribution in [2.24, 2.45) is 0 Å². The highest BCUT2D eigenvalue weighted by Crippen LogP contribution is 2.31. The number of hydrogen-bond acceptors (Lipinski definition) is 5. The number of fused-ring (bicyclic) bond motifs is 3. The molecule has 0 aliphatic rings. The van der Waals surface area contributed by atoms with Crippen molar-refractivity contribution in [3.05, 3.63) is 38.6 Å². The number of carbonyl (C=O) groups is 1. The molecule has 1 aromatic carbocycles. The molecule has 0 aliphatic carbocycles. The molecule has 0 radical (unpaired) electrons. The number of alkyl halides is 3. The van der Waals surface area contributed by atoms with E-state index in [1.54, 1.807) is 0 Å². The van der Waals surface area contributed by atoms with Gasteiger partial charge in [-0.25, -0.2) is 14.2 Å². The summed E-state index contributed by atoms with van der Waals surface area (Å²) in [6.07, 6.45) is -3.45. The molecule has 2 heterocycles. The van der Waals surface area contributed by atoms with Crippen molar-refractivity contribution in [2.75, 3.05) is 7.11 Å². The number of nitrogens with zero attached hydrogens (tertiary/aromatic N) is 2. The lowest BCUT2D eigenvalue weighted by molar-refractivity contribution is -0.137. The first-order valence-electron chi connectivity index (χ1n) is 5.93. The molecule has 0 saturated carbocycles. The molecule has 114 valence electrons.